The second-order valence-electron chi connectivity index (χ2n) is 3.68. The third-order valence-corrected chi connectivity index (χ3v) is 4.68. The molecule has 0 bridgehead atoms. The number of rotatable bonds is 3. The largest absolute Gasteiger partial charge is 0.392 e. The Bertz CT molecular complexity index is 313. The molecule has 1 unspecified atom stereocenters. The van der Waals surface area contributed by atoms with Gasteiger partial charge in [0.15, 0.2) is 0 Å². The average molecular weight is 236 g/mol. The van der Waals surface area contributed by atoms with Gasteiger partial charge in [0.25, 0.3) is 0 Å². The minimum atomic E-state index is -3.26. The molecule has 1 heterocycles. The Morgan fingerprint density at radius 3 is 2.71 bits per heavy atom. The third-order valence-electron chi connectivity index (χ3n) is 2.42. The van der Waals surface area contributed by atoms with E-state index in [4.69, 9.17) is 5.73 Å². The van der Waals surface area contributed by atoms with Crippen LogP contribution in [0.3, 0.4) is 0 Å². The molecule has 1 atom stereocenters. The van der Waals surface area contributed by atoms with E-state index in [2.05, 4.69) is 12.2 Å². The molecule has 0 aromatic carbocycles. The summed E-state index contributed by atoms with van der Waals surface area (Å²) in [6.45, 7) is 2.53. The summed E-state index contributed by atoms with van der Waals surface area (Å²) in [5.74, 6) is -0.202. The molecule has 1 rings (SSSR count). The van der Waals surface area contributed by atoms with E-state index in [1.54, 1.807) is 0 Å². The maximum atomic E-state index is 11.8. The first kappa shape index (κ1) is 11.9. The van der Waals surface area contributed by atoms with Gasteiger partial charge in [-0.3, -0.25) is 0 Å². The fourth-order valence-corrected chi connectivity index (χ4v) is 3.78. The highest BCUT2D eigenvalue weighted by Crippen LogP contribution is 2.19. The zero-order valence-corrected chi connectivity index (χ0v) is 9.90. The zero-order valence-electron chi connectivity index (χ0n) is 8.27. The lowest BCUT2D eigenvalue weighted by Gasteiger charge is -2.32. The molecular formula is C8H16N2O2S2. The van der Waals surface area contributed by atoms with Gasteiger partial charge in [-0.1, -0.05) is 18.6 Å². The Labute approximate surface area is 90.5 Å². The molecule has 1 saturated heterocycles. The molecule has 0 aromatic rings. The van der Waals surface area contributed by atoms with E-state index in [1.165, 1.54) is 4.31 Å². The minimum absolute atomic E-state index is 0.0442. The molecule has 1 aliphatic heterocycles. The van der Waals surface area contributed by atoms with Gasteiger partial charge < -0.3 is 5.73 Å². The molecule has 0 radical (unpaired) electrons. The summed E-state index contributed by atoms with van der Waals surface area (Å²) in [6.07, 6.45) is 2.96. The van der Waals surface area contributed by atoms with E-state index in [0.717, 1.165) is 19.3 Å². The highest BCUT2D eigenvalue weighted by Gasteiger charge is 2.29. The normalized spacial score (nSPS) is 24.8. The van der Waals surface area contributed by atoms with Gasteiger partial charge in [0.1, 0.15) is 5.75 Å². The van der Waals surface area contributed by atoms with Gasteiger partial charge in [-0.05, 0) is 19.8 Å². The van der Waals surface area contributed by atoms with E-state index >= 15 is 0 Å². The van der Waals surface area contributed by atoms with Gasteiger partial charge in [-0.25, -0.2) is 8.42 Å². The molecule has 0 amide bonds. The second-order valence-corrected chi connectivity index (χ2v) is 6.12. The molecule has 0 aromatic heterocycles. The van der Waals surface area contributed by atoms with E-state index in [9.17, 15) is 8.42 Å². The topological polar surface area (TPSA) is 63.4 Å². The number of thiocarbonyl (C=S) groups is 1. The van der Waals surface area contributed by atoms with E-state index in [1.807, 2.05) is 6.92 Å². The second kappa shape index (κ2) is 4.55. The van der Waals surface area contributed by atoms with Gasteiger partial charge in [0.05, 0.1) is 4.99 Å². The standard InChI is InChI=1S/C8H16N2O2S2/c1-7-4-2-3-5-10(7)14(11,12)6-8(9)13/h7H,2-6H2,1H3,(H2,9,13). The third kappa shape index (κ3) is 2.90. The summed E-state index contributed by atoms with van der Waals surface area (Å²) in [7, 11) is -3.26. The number of nitrogens with zero attached hydrogens (tertiary/aromatic N) is 1. The molecule has 4 nitrogen and oxygen atoms in total. The van der Waals surface area contributed by atoms with Crippen molar-refractivity contribution in [1.82, 2.24) is 4.31 Å². The van der Waals surface area contributed by atoms with Gasteiger partial charge in [0, 0.05) is 12.6 Å². The molecule has 0 aliphatic carbocycles. The first-order valence-electron chi connectivity index (χ1n) is 4.71. The van der Waals surface area contributed by atoms with Crippen LogP contribution in [0.2, 0.25) is 0 Å². The van der Waals surface area contributed by atoms with Crippen molar-refractivity contribution in [1.29, 1.82) is 0 Å². The maximum Gasteiger partial charge on any atom is 0.220 e. The van der Waals surface area contributed by atoms with E-state index in [-0.39, 0.29) is 16.8 Å². The summed E-state index contributed by atoms with van der Waals surface area (Å²) in [6, 6.07) is 0.0862. The molecule has 14 heavy (non-hydrogen) atoms. The van der Waals surface area contributed by atoms with Crippen molar-refractivity contribution in [2.45, 2.75) is 32.2 Å². The van der Waals surface area contributed by atoms with Crippen molar-refractivity contribution >= 4 is 27.2 Å². The number of sulfonamides is 1. The van der Waals surface area contributed by atoms with Crippen molar-refractivity contribution < 1.29 is 8.42 Å². The van der Waals surface area contributed by atoms with Crippen LogP contribution in [-0.2, 0) is 10.0 Å². The van der Waals surface area contributed by atoms with Crippen LogP contribution in [0.4, 0.5) is 0 Å². The minimum Gasteiger partial charge on any atom is -0.392 e. The average Bonchev–Trinajstić information content (AvgIpc) is 2.02. The van der Waals surface area contributed by atoms with E-state index in [0.29, 0.717) is 6.54 Å². The van der Waals surface area contributed by atoms with Crippen molar-refractivity contribution in [3.63, 3.8) is 0 Å². The van der Waals surface area contributed by atoms with Crippen LogP contribution in [-0.4, -0.2) is 36.1 Å². The molecule has 1 aliphatic rings. The molecular weight excluding hydrogens is 220 g/mol. The zero-order chi connectivity index (χ0) is 10.8. The lowest BCUT2D eigenvalue weighted by Crippen LogP contribution is -2.44. The molecule has 1 fully saturated rings. The Hall–Kier alpha value is -0.200. The summed E-state index contributed by atoms with van der Waals surface area (Å²) in [5, 5.41) is 0. The van der Waals surface area contributed by atoms with Crippen molar-refractivity contribution in [3.05, 3.63) is 0 Å². The SMILES string of the molecule is CC1CCCCN1S(=O)(=O)CC(N)=S. The van der Waals surface area contributed by atoms with E-state index < -0.39 is 10.0 Å². The number of hydrogen-bond donors (Lipinski definition) is 1. The van der Waals surface area contributed by atoms with Crippen LogP contribution in [0.5, 0.6) is 0 Å². The van der Waals surface area contributed by atoms with Crippen LogP contribution in [0.1, 0.15) is 26.2 Å². The van der Waals surface area contributed by atoms with Crippen molar-refractivity contribution in [3.8, 4) is 0 Å². The summed E-state index contributed by atoms with van der Waals surface area (Å²) < 4.78 is 25.1. The molecule has 2 N–H and O–H groups in total. The monoisotopic (exact) mass is 236 g/mol. The van der Waals surface area contributed by atoms with Gasteiger partial charge in [-0.2, -0.15) is 4.31 Å². The fraction of sp³-hybridized carbons (Fsp3) is 0.875. The summed E-state index contributed by atoms with van der Waals surface area (Å²) in [4.78, 5) is 0.0442. The lowest BCUT2D eigenvalue weighted by atomic mass is 10.1. The highest BCUT2D eigenvalue weighted by molar-refractivity contribution is 7.92. The van der Waals surface area contributed by atoms with Gasteiger partial charge in [-0.15, -0.1) is 0 Å². The van der Waals surface area contributed by atoms with Gasteiger partial charge >= 0.3 is 0 Å². The predicted octanol–water partition coefficient (Wildman–Crippen LogP) is 0.477. The Balaban J connectivity index is 2.75. The van der Waals surface area contributed by atoms with Crippen LogP contribution < -0.4 is 5.73 Å². The van der Waals surface area contributed by atoms with Crippen LogP contribution >= 0.6 is 12.2 Å². The molecule has 82 valence electrons. The smallest absolute Gasteiger partial charge is 0.220 e. The van der Waals surface area contributed by atoms with Crippen LogP contribution in [0.15, 0.2) is 0 Å². The quantitative estimate of drug-likeness (QED) is 0.724. The molecule has 0 spiro atoms. The number of hydrogen-bond acceptors (Lipinski definition) is 3. The Morgan fingerprint density at radius 1 is 1.57 bits per heavy atom. The molecule has 0 saturated carbocycles. The Kier molecular flexibility index (Phi) is 3.86. The van der Waals surface area contributed by atoms with Crippen LogP contribution in [0, 0.1) is 0 Å². The summed E-state index contributed by atoms with van der Waals surface area (Å²) in [5.41, 5.74) is 5.26. The highest BCUT2D eigenvalue weighted by atomic mass is 32.2. The maximum absolute atomic E-state index is 11.8. The molecule has 6 heteroatoms. The number of piperidine rings is 1. The number of nitrogens with two attached hydrogens (primary N) is 1. The first-order valence-corrected chi connectivity index (χ1v) is 6.73. The predicted molar refractivity (Wildman–Crippen MR) is 60.6 cm³/mol. The Morgan fingerprint density at radius 2 is 2.21 bits per heavy atom. The fourth-order valence-electron chi connectivity index (χ4n) is 1.75. The van der Waals surface area contributed by atoms with Crippen molar-refractivity contribution in [2.75, 3.05) is 12.3 Å². The van der Waals surface area contributed by atoms with Crippen molar-refractivity contribution in [2.24, 2.45) is 5.73 Å². The van der Waals surface area contributed by atoms with Gasteiger partial charge in [0.2, 0.25) is 10.0 Å². The lowest BCUT2D eigenvalue weighted by molar-refractivity contribution is 0.270. The summed E-state index contributed by atoms with van der Waals surface area (Å²) >= 11 is 4.62. The van der Waals surface area contributed by atoms with Crippen LogP contribution in [0.25, 0.3) is 0 Å². The first-order chi connectivity index (χ1) is 6.43.